The largest absolute Gasteiger partial charge is 0.328 e. The summed E-state index contributed by atoms with van der Waals surface area (Å²) in [6.07, 6.45) is 3.08. The first-order chi connectivity index (χ1) is 8.38. The lowest BCUT2D eigenvalue weighted by Crippen LogP contribution is -2.16. The average molecular weight is 267 g/mol. The molecular formula is C12H21N5S. The van der Waals surface area contributed by atoms with Crippen LogP contribution in [0.4, 0.5) is 0 Å². The van der Waals surface area contributed by atoms with Gasteiger partial charge in [0.2, 0.25) is 4.96 Å². The van der Waals surface area contributed by atoms with Crippen LogP contribution in [-0.2, 0) is 11.8 Å². The molecule has 0 radical (unpaired) electrons. The van der Waals surface area contributed by atoms with Gasteiger partial charge >= 0.3 is 0 Å². The Balaban J connectivity index is 2.16. The fraction of sp³-hybridized carbons (Fsp3) is 0.750. The molecule has 1 atom stereocenters. The molecule has 0 amide bonds. The first-order valence-corrected chi connectivity index (χ1v) is 7.17. The molecular weight excluding hydrogens is 246 g/mol. The Morgan fingerprint density at radius 1 is 1.33 bits per heavy atom. The minimum atomic E-state index is -0.0312. The summed E-state index contributed by atoms with van der Waals surface area (Å²) in [7, 11) is 0. The van der Waals surface area contributed by atoms with Gasteiger partial charge in [0.05, 0.1) is 0 Å². The van der Waals surface area contributed by atoms with E-state index in [1.165, 1.54) is 0 Å². The van der Waals surface area contributed by atoms with Gasteiger partial charge in [-0.3, -0.25) is 0 Å². The molecule has 0 fully saturated rings. The van der Waals surface area contributed by atoms with Gasteiger partial charge in [-0.2, -0.15) is 9.61 Å². The fourth-order valence-electron chi connectivity index (χ4n) is 1.80. The van der Waals surface area contributed by atoms with Crippen molar-refractivity contribution in [1.82, 2.24) is 19.8 Å². The van der Waals surface area contributed by atoms with Crippen molar-refractivity contribution in [2.24, 2.45) is 5.73 Å². The van der Waals surface area contributed by atoms with Crippen molar-refractivity contribution >= 4 is 16.3 Å². The Kier molecular flexibility index (Phi) is 3.68. The van der Waals surface area contributed by atoms with Crippen molar-refractivity contribution in [3.05, 3.63) is 10.8 Å². The van der Waals surface area contributed by atoms with E-state index < -0.39 is 0 Å². The monoisotopic (exact) mass is 267 g/mol. The van der Waals surface area contributed by atoms with Crippen LogP contribution in [0.5, 0.6) is 0 Å². The lowest BCUT2D eigenvalue weighted by Gasteiger charge is -2.13. The molecule has 0 aromatic carbocycles. The van der Waals surface area contributed by atoms with Gasteiger partial charge in [0.15, 0.2) is 5.82 Å². The number of aromatic nitrogens is 4. The van der Waals surface area contributed by atoms with Crippen LogP contribution in [0.3, 0.4) is 0 Å². The van der Waals surface area contributed by atoms with Crippen LogP contribution < -0.4 is 5.73 Å². The minimum absolute atomic E-state index is 0.0312. The fourth-order valence-corrected chi connectivity index (χ4v) is 2.68. The van der Waals surface area contributed by atoms with Gasteiger partial charge in [-0.05, 0) is 19.8 Å². The number of nitrogens with zero attached hydrogens (tertiary/aromatic N) is 4. The summed E-state index contributed by atoms with van der Waals surface area (Å²) in [6, 6.07) is 0.265. The number of rotatable bonds is 4. The highest BCUT2D eigenvalue weighted by Gasteiger charge is 2.23. The highest BCUT2D eigenvalue weighted by Crippen LogP contribution is 2.23. The molecule has 100 valence electrons. The molecule has 2 N–H and O–H groups in total. The molecule has 2 heterocycles. The second-order valence-electron chi connectivity index (χ2n) is 5.83. The Labute approximate surface area is 111 Å². The van der Waals surface area contributed by atoms with Crippen molar-refractivity contribution in [3.63, 3.8) is 0 Å². The number of hydrogen-bond donors (Lipinski definition) is 1. The maximum Gasteiger partial charge on any atom is 0.234 e. The molecule has 0 aliphatic rings. The smallest absolute Gasteiger partial charge is 0.234 e. The van der Waals surface area contributed by atoms with Gasteiger partial charge in [-0.15, -0.1) is 10.2 Å². The third kappa shape index (κ3) is 2.87. The van der Waals surface area contributed by atoms with Crippen molar-refractivity contribution in [1.29, 1.82) is 0 Å². The topological polar surface area (TPSA) is 69.1 Å². The van der Waals surface area contributed by atoms with Crippen molar-refractivity contribution < 1.29 is 0 Å². The molecule has 0 saturated heterocycles. The molecule has 0 saturated carbocycles. The van der Waals surface area contributed by atoms with E-state index >= 15 is 0 Å². The second kappa shape index (κ2) is 4.93. The van der Waals surface area contributed by atoms with E-state index in [1.54, 1.807) is 11.3 Å². The van der Waals surface area contributed by atoms with E-state index in [0.29, 0.717) is 0 Å². The standard InChI is InChI=1S/C12H21N5S/c1-8(13)6-5-7-9-16-17-10(12(2,3)4)14-15-11(17)18-9/h8H,5-7,13H2,1-4H3. The lowest BCUT2D eigenvalue weighted by molar-refractivity contribution is 0.525. The molecule has 2 aromatic rings. The summed E-state index contributed by atoms with van der Waals surface area (Å²) < 4.78 is 1.88. The van der Waals surface area contributed by atoms with Gasteiger partial charge in [0, 0.05) is 17.9 Å². The first-order valence-electron chi connectivity index (χ1n) is 6.35. The van der Waals surface area contributed by atoms with Crippen LogP contribution >= 0.6 is 11.3 Å². The van der Waals surface area contributed by atoms with Gasteiger partial charge in [-0.25, -0.2) is 0 Å². The highest BCUT2D eigenvalue weighted by atomic mass is 32.1. The van der Waals surface area contributed by atoms with E-state index in [-0.39, 0.29) is 11.5 Å². The van der Waals surface area contributed by atoms with Crippen molar-refractivity contribution in [2.45, 2.75) is 58.4 Å². The zero-order valence-electron chi connectivity index (χ0n) is 11.5. The van der Waals surface area contributed by atoms with E-state index in [2.05, 4.69) is 36.1 Å². The van der Waals surface area contributed by atoms with E-state index in [4.69, 9.17) is 5.73 Å². The van der Waals surface area contributed by atoms with Crippen LogP contribution in [-0.4, -0.2) is 25.9 Å². The van der Waals surface area contributed by atoms with Gasteiger partial charge in [-0.1, -0.05) is 32.1 Å². The summed E-state index contributed by atoms with van der Waals surface area (Å²) in [5.74, 6) is 0.923. The third-order valence-electron chi connectivity index (χ3n) is 2.75. The van der Waals surface area contributed by atoms with Crippen LogP contribution in [0, 0.1) is 0 Å². The molecule has 0 aliphatic carbocycles. The zero-order valence-corrected chi connectivity index (χ0v) is 12.3. The maximum atomic E-state index is 5.75. The number of hydrogen-bond acceptors (Lipinski definition) is 5. The SMILES string of the molecule is CC(N)CCCc1nn2c(C(C)(C)C)nnc2s1. The Morgan fingerprint density at radius 2 is 2.06 bits per heavy atom. The van der Waals surface area contributed by atoms with Crippen molar-refractivity contribution in [2.75, 3.05) is 0 Å². The van der Waals surface area contributed by atoms with E-state index in [0.717, 1.165) is 35.1 Å². The lowest BCUT2D eigenvalue weighted by atomic mass is 9.96. The summed E-state index contributed by atoms with van der Waals surface area (Å²) in [4.78, 5) is 0.885. The predicted molar refractivity (Wildman–Crippen MR) is 73.9 cm³/mol. The number of aryl methyl sites for hydroxylation is 1. The van der Waals surface area contributed by atoms with E-state index in [9.17, 15) is 0 Å². The molecule has 18 heavy (non-hydrogen) atoms. The van der Waals surface area contributed by atoms with Gasteiger partial charge in [0.25, 0.3) is 0 Å². The van der Waals surface area contributed by atoms with Crippen LogP contribution in [0.2, 0.25) is 0 Å². The second-order valence-corrected chi connectivity index (χ2v) is 6.87. The van der Waals surface area contributed by atoms with Gasteiger partial charge in [0.1, 0.15) is 5.01 Å². The Bertz CT molecular complexity index is 520. The average Bonchev–Trinajstić information content (AvgIpc) is 2.73. The molecule has 5 nitrogen and oxygen atoms in total. The first kappa shape index (κ1) is 13.4. The van der Waals surface area contributed by atoms with Crippen LogP contribution in [0.15, 0.2) is 0 Å². The molecule has 0 bridgehead atoms. The Morgan fingerprint density at radius 3 is 2.67 bits per heavy atom. The quantitative estimate of drug-likeness (QED) is 0.921. The number of fused-ring (bicyclic) bond motifs is 1. The molecule has 1 unspecified atom stereocenters. The summed E-state index contributed by atoms with van der Waals surface area (Å²) in [5.41, 5.74) is 5.72. The van der Waals surface area contributed by atoms with E-state index in [1.807, 2.05) is 11.4 Å². The van der Waals surface area contributed by atoms with Crippen LogP contribution in [0.25, 0.3) is 4.96 Å². The zero-order chi connectivity index (χ0) is 13.3. The minimum Gasteiger partial charge on any atom is -0.328 e. The maximum absolute atomic E-state index is 5.75. The summed E-state index contributed by atoms with van der Waals surface area (Å²) >= 11 is 1.62. The summed E-state index contributed by atoms with van der Waals surface area (Å²) in [5, 5.41) is 14.1. The molecule has 0 spiro atoms. The molecule has 6 heteroatoms. The predicted octanol–water partition coefficient (Wildman–Crippen LogP) is 2.15. The number of nitrogens with two attached hydrogens (primary N) is 1. The Hall–Kier alpha value is -1.01. The van der Waals surface area contributed by atoms with Crippen molar-refractivity contribution in [3.8, 4) is 0 Å². The third-order valence-corrected chi connectivity index (χ3v) is 3.71. The van der Waals surface area contributed by atoms with Crippen LogP contribution in [0.1, 0.15) is 51.4 Å². The molecule has 0 aliphatic heterocycles. The summed E-state index contributed by atoms with van der Waals surface area (Å²) in [6.45, 7) is 8.41. The molecule has 2 rings (SSSR count). The molecule has 2 aromatic heterocycles. The normalized spacial score (nSPS) is 14.3. The highest BCUT2D eigenvalue weighted by molar-refractivity contribution is 7.16. The van der Waals surface area contributed by atoms with Gasteiger partial charge < -0.3 is 5.73 Å².